The Labute approximate surface area is 210 Å². The third kappa shape index (κ3) is 6.95. The van der Waals surface area contributed by atoms with E-state index in [2.05, 4.69) is 21.2 Å². The number of ether oxygens (including phenoxy) is 2. The van der Waals surface area contributed by atoms with Gasteiger partial charge in [-0.3, -0.25) is 4.79 Å². The summed E-state index contributed by atoms with van der Waals surface area (Å²) >= 11 is 9.47. The molecule has 0 aromatic heterocycles. The summed E-state index contributed by atoms with van der Waals surface area (Å²) in [6, 6.07) is 20.8. The largest absolute Gasteiger partial charge is 0.488 e. The molecule has 1 amide bonds. The van der Waals surface area contributed by atoms with Crippen molar-refractivity contribution in [1.29, 1.82) is 5.26 Å². The van der Waals surface area contributed by atoms with Crippen LogP contribution in [0.3, 0.4) is 0 Å². The SMILES string of the molecule is CCOC(=O)c1ccc(NC(=O)/C(C#N)=C/c2ccc(OCc3cccc(Cl)c3)c(Br)c2)cc1. The standard InChI is InChI=1S/C26H20BrClN2O4/c1-2-33-26(32)19-7-9-22(10-8-19)30-25(31)20(15-29)12-17-6-11-24(23(27)14-17)34-16-18-4-3-5-21(28)13-18/h3-14H,2,16H2,1H3,(H,30,31)/b20-12+. The predicted molar refractivity (Wildman–Crippen MR) is 135 cm³/mol. The van der Waals surface area contributed by atoms with Crippen molar-refractivity contribution in [2.75, 3.05) is 11.9 Å². The van der Waals surface area contributed by atoms with E-state index in [0.717, 1.165) is 5.56 Å². The Balaban J connectivity index is 1.67. The molecule has 0 atom stereocenters. The number of halogens is 2. The number of esters is 1. The summed E-state index contributed by atoms with van der Waals surface area (Å²) in [5.41, 5.74) is 2.32. The lowest BCUT2D eigenvalue weighted by molar-refractivity contribution is -0.112. The molecule has 3 aromatic rings. The molecule has 34 heavy (non-hydrogen) atoms. The van der Waals surface area contributed by atoms with Gasteiger partial charge in [0.15, 0.2) is 0 Å². The maximum Gasteiger partial charge on any atom is 0.338 e. The normalized spacial score (nSPS) is 10.8. The second kappa shape index (κ2) is 12.0. The van der Waals surface area contributed by atoms with Gasteiger partial charge >= 0.3 is 5.97 Å². The maximum atomic E-state index is 12.6. The van der Waals surface area contributed by atoms with Crippen LogP contribution in [-0.4, -0.2) is 18.5 Å². The first kappa shape index (κ1) is 25.0. The molecule has 0 aliphatic rings. The van der Waals surface area contributed by atoms with Gasteiger partial charge in [-0.2, -0.15) is 5.26 Å². The molecule has 0 saturated heterocycles. The van der Waals surface area contributed by atoms with E-state index >= 15 is 0 Å². The van der Waals surface area contributed by atoms with E-state index in [4.69, 9.17) is 21.1 Å². The number of nitrogens with one attached hydrogen (secondary N) is 1. The highest BCUT2D eigenvalue weighted by Gasteiger charge is 2.12. The molecule has 0 heterocycles. The minimum Gasteiger partial charge on any atom is -0.488 e. The minimum atomic E-state index is -0.566. The molecule has 0 bridgehead atoms. The Bertz CT molecular complexity index is 1270. The molecule has 0 saturated carbocycles. The summed E-state index contributed by atoms with van der Waals surface area (Å²) < 4.78 is 11.4. The summed E-state index contributed by atoms with van der Waals surface area (Å²) in [5.74, 6) is -0.394. The first-order valence-corrected chi connectivity index (χ1v) is 11.4. The van der Waals surface area contributed by atoms with Crippen LogP contribution in [-0.2, 0) is 16.1 Å². The quantitative estimate of drug-likeness (QED) is 0.203. The molecule has 0 unspecified atom stereocenters. The van der Waals surface area contributed by atoms with Crippen LogP contribution in [0.15, 0.2) is 76.8 Å². The van der Waals surface area contributed by atoms with Gasteiger partial charge in [-0.25, -0.2) is 4.79 Å². The first-order valence-electron chi connectivity index (χ1n) is 10.3. The fraction of sp³-hybridized carbons (Fsp3) is 0.115. The van der Waals surface area contributed by atoms with Crippen molar-refractivity contribution in [3.63, 3.8) is 0 Å². The van der Waals surface area contributed by atoms with E-state index in [1.807, 2.05) is 24.3 Å². The molecule has 0 spiro atoms. The minimum absolute atomic E-state index is 0.0750. The van der Waals surface area contributed by atoms with Crippen molar-refractivity contribution in [2.45, 2.75) is 13.5 Å². The number of anilines is 1. The lowest BCUT2D eigenvalue weighted by atomic mass is 10.1. The number of hydrogen-bond donors (Lipinski definition) is 1. The number of carbonyl (C=O) groups is 2. The predicted octanol–water partition coefficient (Wildman–Crippen LogP) is 6.40. The third-order valence-electron chi connectivity index (χ3n) is 4.57. The molecular weight excluding hydrogens is 520 g/mol. The average molecular weight is 540 g/mol. The monoisotopic (exact) mass is 538 g/mol. The Morgan fingerprint density at radius 1 is 1.12 bits per heavy atom. The van der Waals surface area contributed by atoms with Crippen LogP contribution < -0.4 is 10.1 Å². The topological polar surface area (TPSA) is 88.4 Å². The number of hydrogen-bond acceptors (Lipinski definition) is 5. The van der Waals surface area contributed by atoms with Gasteiger partial charge in [0.1, 0.15) is 24.0 Å². The number of nitriles is 1. The van der Waals surface area contributed by atoms with E-state index in [9.17, 15) is 14.9 Å². The van der Waals surface area contributed by atoms with Crippen LogP contribution in [0.1, 0.15) is 28.4 Å². The van der Waals surface area contributed by atoms with E-state index in [0.29, 0.717) is 38.7 Å². The maximum absolute atomic E-state index is 12.6. The number of nitrogens with zero attached hydrogens (tertiary/aromatic N) is 1. The van der Waals surface area contributed by atoms with Crippen LogP contribution in [0.25, 0.3) is 6.08 Å². The smallest absolute Gasteiger partial charge is 0.338 e. The summed E-state index contributed by atoms with van der Waals surface area (Å²) in [6.45, 7) is 2.34. The van der Waals surface area contributed by atoms with Crippen LogP contribution >= 0.6 is 27.5 Å². The lowest BCUT2D eigenvalue weighted by Gasteiger charge is -2.10. The fourth-order valence-electron chi connectivity index (χ4n) is 2.93. The van der Waals surface area contributed by atoms with Crippen LogP contribution in [0, 0.1) is 11.3 Å². The molecule has 0 fully saturated rings. The molecule has 172 valence electrons. The highest BCUT2D eigenvalue weighted by molar-refractivity contribution is 9.10. The van der Waals surface area contributed by atoms with Crippen LogP contribution in [0.2, 0.25) is 5.02 Å². The van der Waals surface area contributed by atoms with Crippen LogP contribution in [0.4, 0.5) is 5.69 Å². The van der Waals surface area contributed by atoms with Gasteiger partial charge in [0, 0.05) is 10.7 Å². The molecular formula is C26H20BrClN2O4. The summed E-state index contributed by atoms with van der Waals surface area (Å²) in [6.07, 6.45) is 1.48. The molecule has 3 rings (SSSR count). The number of rotatable bonds is 8. The average Bonchev–Trinajstić information content (AvgIpc) is 2.82. The van der Waals surface area contributed by atoms with Crippen LogP contribution in [0.5, 0.6) is 5.75 Å². The highest BCUT2D eigenvalue weighted by atomic mass is 79.9. The molecule has 0 aliphatic carbocycles. The Morgan fingerprint density at radius 2 is 1.88 bits per heavy atom. The second-order valence-corrected chi connectivity index (χ2v) is 8.32. The van der Waals surface area contributed by atoms with Gasteiger partial charge in [-0.1, -0.05) is 29.8 Å². The van der Waals surface area contributed by atoms with Gasteiger partial charge in [0.25, 0.3) is 5.91 Å². The Kier molecular flexibility index (Phi) is 8.86. The molecule has 0 radical (unpaired) electrons. The zero-order valence-corrected chi connectivity index (χ0v) is 20.5. The van der Waals surface area contributed by atoms with Gasteiger partial charge in [-0.15, -0.1) is 0 Å². The van der Waals surface area contributed by atoms with Crippen molar-refractivity contribution in [1.82, 2.24) is 0 Å². The van der Waals surface area contributed by atoms with Crippen molar-refractivity contribution in [3.05, 3.63) is 98.5 Å². The van der Waals surface area contributed by atoms with Crippen molar-refractivity contribution < 1.29 is 19.1 Å². The third-order valence-corrected chi connectivity index (χ3v) is 5.42. The van der Waals surface area contributed by atoms with Crippen molar-refractivity contribution >= 4 is 51.2 Å². The molecule has 1 N–H and O–H groups in total. The van der Waals surface area contributed by atoms with E-state index in [1.165, 1.54) is 6.08 Å². The van der Waals surface area contributed by atoms with Gasteiger partial charge in [0.05, 0.1) is 16.6 Å². The molecule has 6 nitrogen and oxygen atoms in total. The number of carbonyl (C=O) groups excluding carboxylic acids is 2. The van der Waals surface area contributed by atoms with Crippen molar-refractivity contribution in [2.24, 2.45) is 0 Å². The van der Waals surface area contributed by atoms with E-state index < -0.39 is 11.9 Å². The summed E-state index contributed by atoms with van der Waals surface area (Å²) in [7, 11) is 0. The fourth-order valence-corrected chi connectivity index (χ4v) is 3.65. The van der Waals surface area contributed by atoms with E-state index in [1.54, 1.807) is 55.5 Å². The Hall–Kier alpha value is -3.60. The number of benzene rings is 3. The number of amides is 1. The first-order chi connectivity index (χ1) is 16.4. The van der Waals surface area contributed by atoms with Gasteiger partial charge in [-0.05, 0) is 88.6 Å². The molecule has 3 aromatic carbocycles. The zero-order valence-electron chi connectivity index (χ0n) is 18.2. The second-order valence-electron chi connectivity index (χ2n) is 7.03. The zero-order chi connectivity index (χ0) is 24.5. The van der Waals surface area contributed by atoms with Gasteiger partial charge < -0.3 is 14.8 Å². The Morgan fingerprint density at radius 3 is 2.53 bits per heavy atom. The molecule has 0 aliphatic heterocycles. The molecule has 8 heteroatoms. The van der Waals surface area contributed by atoms with Gasteiger partial charge in [0.2, 0.25) is 0 Å². The summed E-state index contributed by atoms with van der Waals surface area (Å²) in [5, 5.41) is 12.8. The lowest BCUT2D eigenvalue weighted by Crippen LogP contribution is -2.13. The highest BCUT2D eigenvalue weighted by Crippen LogP contribution is 2.28. The van der Waals surface area contributed by atoms with E-state index in [-0.39, 0.29) is 12.2 Å². The van der Waals surface area contributed by atoms with Crippen molar-refractivity contribution in [3.8, 4) is 11.8 Å². The summed E-state index contributed by atoms with van der Waals surface area (Å²) in [4.78, 5) is 24.3.